The van der Waals surface area contributed by atoms with Gasteiger partial charge in [-0.2, -0.15) is 0 Å². The Morgan fingerprint density at radius 1 is 1.12 bits per heavy atom. The standard InChI is InChI=1S/C12H11IN2O/c1-14-12-8-11(6-7-15-12)16-10-4-2-9(13)3-5-10/h2-8H,1H3,(H,14,15). The average Bonchev–Trinajstić information content (AvgIpc) is 2.32. The molecular formula is C12H11IN2O. The summed E-state index contributed by atoms with van der Waals surface area (Å²) < 4.78 is 6.88. The summed E-state index contributed by atoms with van der Waals surface area (Å²) >= 11 is 2.26. The first kappa shape index (κ1) is 11.2. The van der Waals surface area contributed by atoms with Crippen LogP contribution in [0.1, 0.15) is 0 Å². The van der Waals surface area contributed by atoms with Crippen LogP contribution in [0.5, 0.6) is 11.5 Å². The number of benzene rings is 1. The summed E-state index contributed by atoms with van der Waals surface area (Å²) in [5, 5.41) is 2.97. The van der Waals surface area contributed by atoms with Gasteiger partial charge < -0.3 is 10.1 Å². The molecule has 0 spiro atoms. The number of ether oxygens (including phenoxy) is 1. The van der Waals surface area contributed by atoms with E-state index in [1.54, 1.807) is 6.20 Å². The minimum atomic E-state index is 0.778. The predicted molar refractivity (Wildman–Crippen MR) is 73.0 cm³/mol. The largest absolute Gasteiger partial charge is 0.457 e. The highest BCUT2D eigenvalue weighted by Crippen LogP contribution is 2.23. The summed E-state index contributed by atoms with van der Waals surface area (Å²) in [5.41, 5.74) is 0. The first-order chi connectivity index (χ1) is 7.78. The molecule has 0 aliphatic carbocycles. The Kier molecular flexibility index (Phi) is 3.61. The Hall–Kier alpha value is -1.30. The van der Waals surface area contributed by atoms with Crippen molar-refractivity contribution in [1.29, 1.82) is 0 Å². The molecule has 3 nitrogen and oxygen atoms in total. The van der Waals surface area contributed by atoms with Gasteiger partial charge in [0.25, 0.3) is 0 Å². The van der Waals surface area contributed by atoms with Crippen molar-refractivity contribution in [3.05, 3.63) is 46.2 Å². The lowest BCUT2D eigenvalue weighted by atomic mass is 10.3. The van der Waals surface area contributed by atoms with Crippen LogP contribution in [-0.4, -0.2) is 12.0 Å². The molecule has 0 saturated carbocycles. The normalized spacial score (nSPS) is 9.88. The van der Waals surface area contributed by atoms with E-state index in [9.17, 15) is 0 Å². The van der Waals surface area contributed by atoms with Crippen LogP contribution in [0, 0.1) is 3.57 Å². The van der Waals surface area contributed by atoms with E-state index >= 15 is 0 Å². The fourth-order valence-corrected chi connectivity index (χ4v) is 1.61. The van der Waals surface area contributed by atoms with Gasteiger partial charge in [-0.1, -0.05) is 0 Å². The smallest absolute Gasteiger partial charge is 0.132 e. The number of nitrogens with zero attached hydrogens (tertiary/aromatic N) is 1. The van der Waals surface area contributed by atoms with Crippen LogP contribution in [0.15, 0.2) is 42.6 Å². The molecule has 1 N–H and O–H groups in total. The van der Waals surface area contributed by atoms with E-state index in [1.165, 1.54) is 3.57 Å². The first-order valence-electron chi connectivity index (χ1n) is 4.85. The molecule has 0 aliphatic heterocycles. The zero-order chi connectivity index (χ0) is 11.4. The number of nitrogens with one attached hydrogen (secondary N) is 1. The summed E-state index contributed by atoms with van der Waals surface area (Å²) in [7, 11) is 1.83. The van der Waals surface area contributed by atoms with Crippen molar-refractivity contribution in [2.45, 2.75) is 0 Å². The maximum absolute atomic E-state index is 5.69. The fourth-order valence-electron chi connectivity index (χ4n) is 1.25. The Labute approximate surface area is 108 Å². The molecule has 16 heavy (non-hydrogen) atoms. The molecule has 2 aromatic rings. The van der Waals surface area contributed by atoms with Gasteiger partial charge in [0.05, 0.1) is 0 Å². The van der Waals surface area contributed by atoms with Crippen molar-refractivity contribution in [3.63, 3.8) is 0 Å². The van der Waals surface area contributed by atoms with Crippen LogP contribution in [0.2, 0.25) is 0 Å². The molecule has 0 radical (unpaired) electrons. The lowest BCUT2D eigenvalue weighted by molar-refractivity contribution is 0.482. The van der Waals surface area contributed by atoms with Gasteiger partial charge in [0.15, 0.2) is 0 Å². The molecule has 0 amide bonds. The van der Waals surface area contributed by atoms with Crippen LogP contribution in [0.4, 0.5) is 5.82 Å². The predicted octanol–water partition coefficient (Wildman–Crippen LogP) is 3.52. The van der Waals surface area contributed by atoms with Gasteiger partial charge in [-0.05, 0) is 52.9 Å². The number of hydrogen-bond donors (Lipinski definition) is 1. The average molecular weight is 326 g/mol. The number of halogens is 1. The van der Waals surface area contributed by atoms with Crippen LogP contribution < -0.4 is 10.1 Å². The van der Waals surface area contributed by atoms with E-state index in [1.807, 2.05) is 43.4 Å². The third-order valence-corrected chi connectivity index (χ3v) is 2.76. The molecule has 0 saturated heterocycles. The molecule has 1 aromatic carbocycles. The van der Waals surface area contributed by atoms with Gasteiger partial charge in [0.1, 0.15) is 17.3 Å². The maximum Gasteiger partial charge on any atom is 0.132 e. The number of hydrogen-bond acceptors (Lipinski definition) is 3. The van der Waals surface area contributed by atoms with Gasteiger partial charge in [-0.3, -0.25) is 0 Å². The Morgan fingerprint density at radius 3 is 2.56 bits per heavy atom. The molecule has 2 rings (SSSR count). The first-order valence-corrected chi connectivity index (χ1v) is 5.93. The Balaban J connectivity index is 2.16. The zero-order valence-electron chi connectivity index (χ0n) is 8.77. The lowest BCUT2D eigenvalue weighted by Crippen LogP contribution is -1.92. The van der Waals surface area contributed by atoms with Crippen molar-refractivity contribution in [1.82, 2.24) is 4.98 Å². The second-order valence-corrected chi connectivity index (χ2v) is 4.43. The number of pyridine rings is 1. The minimum Gasteiger partial charge on any atom is -0.457 e. The lowest BCUT2D eigenvalue weighted by Gasteiger charge is -2.06. The second kappa shape index (κ2) is 5.16. The van der Waals surface area contributed by atoms with Gasteiger partial charge in [-0.25, -0.2) is 4.98 Å². The SMILES string of the molecule is CNc1cc(Oc2ccc(I)cc2)ccn1. The Bertz CT molecular complexity index is 471. The topological polar surface area (TPSA) is 34.1 Å². The molecule has 0 bridgehead atoms. The van der Waals surface area contributed by atoms with Gasteiger partial charge in [-0.15, -0.1) is 0 Å². The minimum absolute atomic E-state index is 0.778. The third kappa shape index (κ3) is 2.85. The van der Waals surface area contributed by atoms with Crippen LogP contribution in [-0.2, 0) is 0 Å². The molecule has 0 atom stereocenters. The van der Waals surface area contributed by atoms with E-state index in [0.29, 0.717) is 0 Å². The maximum atomic E-state index is 5.69. The van der Waals surface area contributed by atoms with Crippen molar-refractivity contribution >= 4 is 28.4 Å². The fraction of sp³-hybridized carbons (Fsp3) is 0.0833. The van der Waals surface area contributed by atoms with Crippen LogP contribution >= 0.6 is 22.6 Å². The number of rotatable bonds is 3. The monoisotopic (exact) mass is 326 g/mol. The highest BCUT2D eigenvalue weighted by molar-refractivity contribution is 14.1. The molecule has 1 heterocycles. The van der Waals surface area contributed by atoms with Crippen molar-refractivity contribution in [2.75, 3.05) is 12.4 Å². The number of anilines is 1. The van der Waals surface area contributed by atoms with E-state index in [4.69, 9.17) is 4.74 Å². The zero-order valence-corrected chi connectivity index (χ0v) is 10.9. The van der Waals surface area contributed by atoms with Gasteiger partial charge in [0.2, 0.25) is 0 Å². The van der Waals surface area contributed by atoms with Crippen LogP contribution in [0.3, 0.4) is 0 Å². The summed E-state index contributed by atoms with van der Waals surface area (Å²) in [6.45, 7) is 0. The summed E-state index contributed by atoms with van der Waals surface area (Å²) in [6.07, 6.45) is 1.72. The molecule has 1 aromatic heterocycles. The van der Waals surface area contributed by atoms with Crippen molar-refractivity contribution < 1.29 is 4.74 Å². The summed E-state index contributed by atoms with van der Waals surface area (Å²) in [5.74, 6) is 2.40. The molecule has 4 heteroatoms. The van der Waals surface area contributed by atoms with E-state index in [0.717, 1.165) is 17.3 Å². The highest BCUT2D eigenvalue weighted by atomic mass is 127. The second-order valence-electron chi connectivity index (χ2n) is 3.18. The highest BCUT2D eigenvalue weighted by Gasteiger charge is 1.98. The molecule has 0 aliphatic rings. The van der Waals surface area contributed by atoms with E-state index in [-0.39, 0.29) is 0 Å². The summed E-state index contributed by atoms with van der Waals surface area (Å²) in [4.78, 5) is 4.12. The van der Waals surface area contributed by atoms with Crippen molar-refractivity contribution in [2.24, 2.45) is 0 Å². The molecular weight excluding hydrogens is 315 g/mol. The molecule has 0 fully saturated rings. The van der Waals surface area contributed by atoms with Gasteiger partial charge >= 0.3 is 0 Å². The molecule has 82 valence electrons. The third-order valence-electron chi connectivity index (χ3n) is 2.04. The quantitative estimate of drug-likeness (QED) is 0.877. The Morgan fingerprint density at radius 2 is 1.88 bits per heavy atom. The number of aromatic nitrogens is 1. The van der Waals surface area contributed by atoms with E-state index < -0.39 is 0 Å². The van der Waals surface area contributed by atoms with Crippen molar-refractivity contribution in [3.8, 4) is 11.5 Å². The van der Waals surface area contributed by atoms with Crippen LogP contribution in [0.25, 0.3) is 0 Å². The van der Waals surface area contributed by atoms with Gasteiger partial charge in [0, 0.05) is 22.9 Å². The van der Waals surface area contributed by atoms with E-state index in [2.05, 4.69) is 32.9 Å². The summed E-state index contributed by atoms with van der Waals surface area (Å²) in [6, 6.07) is 11.6. The molecule has 0 unspecified atom stereocenters.